The van der Waals surface area contributed by atoms with Crippen molar-refractivity contribution in [2.45, 2.75) is 12.7 Å². The van der Waals surface area contributed by atoms with Gasteiger partial charge in [0.25, 0.3) is 0 Å². The Hall–Kier alpha value is -2.26. The fraction of sp³-hybridized carbons (Fsp3) is 0.235. The van der Waals surface area contributed by atoms with Crippen molar-refractivity contribution in [3.8, 4) is 0 Å². The molecule has 0 bridgehead atoms. The first-order valence-corrected chi connectivity index (χ1v) is 9.86. The van der Waals surface area contributed by atoms with Crippen molar-refractivity contribution in [1.82, 2.24) is 5.32 Å². The number of nitrogens with one attached hydrogen (secondary N) is 1. The Balaban J connectivity index is 2.10. The van der Waals surface area contributed by atoms with Crippen molar-refractivity contribution in [1.29, 1.82) is 0 Å². The maximum atomic E-state index is 12.7. The van der Waals surface area contributed by atoms with Crippen LogP contribution in [0.25, 0.3) is 0 Å². The van der Waals surface area contributed by atoms with Crippen LogP contribution in [0.4, 0.5) is 18.9 Å². The van der Waals surface area contributed by atoms with Gasteiger partial charge in [0.15, 0.2) is 0 Å². The van der Waals surface area contributed by atoms with Crippen LogP contribution in [0, 0.1) is 0 Å². The molecule has 0 aliphatic rings. The molecule has 0 unspecified atom stereocenters. The van der Waals surface area contributed by atoms with Crippen LogP contribution in [-0.4, -0.2) is 27.1 Å². The van der Waals surface area contributed by atoms with Gasteiger partial charge >= 0.3 is 6.18 Å². The molecule has 1 amide bonds. The van der Waals surface area contributed by atoms with Gasteiger partial charge in [-0.1, -0.05) is 35.9 Å². The molecule has 2 aromatic rings. The molecule has 0 saturated heterocycles. The smallest absolute Gasteiger partial charge is 0.350 e. The minimum Gasteiger partial charge on any atom is -0.350 e. The Morgan fingerprint density at radius 2 is 1.81 bits per heavy atom. The summed E-state index contributed by atoms with van der Waals surface area (Å²) in [6.07, 6.45) is -3.56. The number of carbonyl (C=O) groups is 1. The molecular formula is C17H16ClF3N2O3S. The molecule has 0 aliphatic heterocycles. The molecular weight excluding hydrogens is 405 g/mol. The molecule has 0 spiro atoms. The number of amides is 1. The van der Waals surface area contributed by atoms with Gasteiger partial charge in [-0.3, -0.25) is 9.10 Å². The zero-order valence-corrected chi connectivity index (χ0v) is 15.7. The van der Waals surface area contributed by atoms with Crippen LogP contribution in [0.3, 0.4) is 0 Å². The summed E-state index contributed by atoms with van der Waals surface area (Å²) in [6, 6.07) is 10.6. The zero-order chi connectivity index (χ0) is 20.2. The Morgan fingerprint density at radius 1 is 1.15 bits per heavy atom. The molecule has 27 heavy (non-hydrogen) atoms. The van der Waals surface area contributed by atoms with Gasteiger partial charge in [0.05, 0.1) is 22.5 Å². The van der Waals surface area contributed by atoms with Crippen LogP contribution in [0.2, 0.25) is 5.02 Å². The summed E-state index contributed by atoms with van der Waals surface area (Å²) >= 11 is 6.00. The van der Waals surface area contributed by atoms with Gasteiger partial charge in [-0.05, 0) is 29.8 Å². The lowest BCUT2D eigenvalue weighted by Gasteiger charge is -2.22. The van der Waals surface area contributed by atoms with E-state index in [2.05, 4.69) is 5.32 Å². The van der Waals surface area contributed by atoms with Crippen LogP contribution in [0.15, 0.2) is 48.5 Å². The number of rotatable bonds is 6. The number of nitrogens with zero attached hydrogens (tertiary/aromatic N) is 1. The molecule has 0 aliphatic carbocycles. The molecule has 2 aromatic carbocycles. The number of hydrogen-bond acceptors (Lipinski definition) is 3. The summed E-state index contributed by atoms with van der Waals surface area (Å²) < 4.78 is 63.0. The van der Waals surface area contributed by atoms with E-state index in [4.69, 9.17) is 11.6 Å². The van der Waals surface area contributed by atoms with E-state index in [0.29, 0.717) is 0 Å². The third-order valence-corrected chi connectivity index (χ3v) is 5.00. The number of sulfonamides is 1. The number of carbonyl (C=O) groups excluding carboxylic acids is 1. The predicted molar refractivity (Wildman–Crippen MR) is 96.9 cm³/mol. The third-order valence-electron chi connectivity index (χ3n) is 3.55. The van der Waals surface area contributed by atoms with Crippen molar-refractivity contribution >= 4 is 33.2 Å². The molecule has 0 saturated carbocycles. The molecule has 0 aromatic heterocycles. The number of benzene rings is 2. The van der Waals surface area contributed by atoms with E-state index in [0.717, 1.165) is 22.7 Å². The van der Waals surface area contributed by atoms with E-state index < -0.39 is 34.2 Å². The van der Waals surface area contributed by atoms with Crippen molar-refractivity contribution in [3.63, 3.8) is 0 Å². The number of alkyl halides is 3. The lowest BCUT2D eigenvalue weighted by atomic mass is 10.1. The molecule has 0 radical (unpaired) electrons. The SMILES string of the molecule is CS(=O)(=O)N(CC(=O)NCc1cccc(C(F)(F)F)c1)c1ccccc1Cl. The Labute approximate surface area is 159 Å². The van der Waals surface area contributed by atoms with E-state index in [9.17, 15) is 26.4 Å². The highest BCUT2D eigenvalue weighted by molar-refractivity contribution is 7.92. The fourth-order valence-electron chi connectivity index (χ4n) is 2.28. The lowest BCUT2D eigenvalue weighted by molar-refractivity contribution is -0.137. The first-order chi connectivity index (χ1) is 12.5. The highest BCUT2D eigenvalue weighted by Gasteiger charge is 2.30. The maximum absolute atomic E-state index is 12.7. The molecule has 146 valence electrons. The van der Waals surface area contributed by atoms with E-state index in [1.54, 1.807) is 12.1 Å². The Kier molecular flexibility index (Phi) is 6.38. The predicted octanol–water partition coefficient (Wildman–Crippen LogP) is 3.44. The van der Waals surface area contributed by atoms with Gasteiger partial charge < -0.3 is 5.32 Å². The summed E-state index contributed by atoms with van der Waals surface area (Å²) in [5.41, 5.74) is -0.458. The summed E-state index contributed by atoms with van der Waals surface area (Å²) in [6.45, 7) is -0.732. The number of halogens is 4. The minimum absolute atomic E-state index is 0.135. The molecule has 2 rings (SSSR count). The summed E-state index contributed by atoms with van der Waals surface area (Å²) in [5, 5.41) is 2.56. The quantitative estimate of drug-likeness (QED) is 0.778. The second kappa shape index (κ2) is 8.18. The molecule has 1 N–H and O–H groups in total. The highest BCUT2D eigenvalue weighted by Crippen LogP contribution is 2.29. The summed E-state index contributed by atoms with van der Waals surface area (Å²) in [4.78, 5) is 12.2. The van der Waals surface area contributed by atoms with E-state index in [1.165, 1.54) is 24.3 Å². The number of hydrogen-bond donors (Lipinski definition) is 1. The first kappa shape index (κ1) is 21.0. The monoisotopic (exact) mass is 420 g/mol. The molecule has 5 nitrogen and oxygen atoms in total. The molecule has 0 heterocycles. The van der Waals surface area contributed by atoms with Gasteiger partial charge in [0, 0.05) is 6.54 Å². The van der Waals surface area contributed by atoms with Crippen LogP contribution in [0.5, 0.6) is 0 Å². The number of anilines is 1. The molecule has 0 fully saturated rings. The zero-order valence-electron chi connectivity index (χ0n) is 14.1. The van der Waals surface area contributed by atoms with Gasteiger partial charge in [0.2, 0.25) is 15.9 Å². The van der Waals surface area contributed by atoms with Gasteiger partial charge in [-0.2, -0.15) is 13.2 Å². The second-order valence-corrected chi connectivity index (χ2v) is 8.01. The van der Waals surface area contributed by atoms with E-state index in [1.807, 2.05) is 0 Å². The molecule has 0 atom stereocenters. The van der Waals surface area contributed by atoms with Gasteiger partial charge in [-0.15, -0.1) is 0 Å². The second-order valence-electron chi connectivity index (χ2n) is 5.70. The topological polar surface area (TPSA) is 66.5 Å². The standard InChI is InChI=1S/C17H16ClF3N2O3S/c1-27(25,26)23(15-8-3-2-7-14(15)18)11-16(24)22-10-12-5-4-6-13(9-12)17(19,20)21/h2-9H,10-11H2,1H3,(H,22,24). The van der Waals surface area contributed by atoms with Gasteiger partial charge in [-0.25, -0.2) is 8.42 Å². The fourth-order valence-corrected chi connectivity index (χ4v) is 3.44. The highest BCUT2D eigenvalue weighted by atomic mass is 35.5. The Morgan fingerprint density at radius 3 is 2.41 bits per heavy atom. The average molecular weight is 421 g/mol. The van der Waals surface area contributed by atoms with Crippen molar-refractivity contribution in [2.24, 2.45) is 0 Å². The third kappa shape index (κ3) is 5.86. The van der Waals surface area contributed by atoms with Crippen LogP contribution in [-0.2, 0) is 27.5 Å². The first-order valence-electron chi connectivity index (χ1n) is 7.63. The van der Waals surface area contributed by atoms with Crippen molar-refractivity contribution < 1.29 is 26.4 Å². The largest absolute Gasteiger partial charge is 0.416 e. The summed E-state index contributed by atoms with van der Waals surface area (Å²) in [7, 11) is -3.81. The summed E-state index contributed by atoms with van der Waals surface area (Å²) in [5.74, 6) is -0.683. The van der Waals surface area contributed by atoms with Crippen molar-refractivity contribution in [2.75, 3.05) is 17.1 Å². The van der Waals surface area contributed by atoms with E-state index >= 15 is 0 Å². The molecule has 10 heteroatoms. The van der Waals surface area contributed by atoms with Crippen LogP contribution in [0.1, 0.15) is 11.1 Å². The van der Waals surface area contributed by atoms with Crippen LogP contribution < -0.4 is 9.62 Å². The Bertz CT molecular complexity index is 933. The lowest BCUT2D eigenvalue weighted by Crippen LogP contribution is -2.40. The maximum Gasteiger partial charge on any atom is 0.416 e. The van der Waals surface area contributed by atoms with Gasteiger partial charge in [0.1, 0.15) is 6.54 Å². The van der Waals surface area contributed by atoms with Crippen molar-refractivity contribution in [3.05, 3.63) is 64.7 Å². The van der Waals surface area contributed by atoms with E-state index in [-0.39, 0.29) is 22.8 Å². The minimum atomic E-state index is -4.49. The van der Waals surface area contributed by atoms with Crippen LogP contribution >= 0.6 is 11.6 Å². The average Bonchev–Trinajstić information content (AvgIpc) is 2.57. The normalized spacial score (nSPS) is 11.9. The number of para-hydroxylation sites is 1.